The first-order valence-corrected chi connectivity index (χ1v) is 22.5. The second-order valence-electron chi connectivity index (χ2n) is 17.6. The van der Waals surface area contributed by atoms with Crippen LogP contribution in [-0.4, -0.2) is 91.2 Å². The number of likely N-dealkylation sites (tertiary alicyclic amines) is 1. The summed E-state index contributed by atoms with van der Waals surface area (Å²) in [5, 5.41) is 19.0. The number of benzene rings is 4. The summed E-state index contributed by atoms with van der Waals surface area (Å²) in [5.41, 5.74) is 2.49. The number of nitrogens with zero attached hydrogens (tertiary/aromatic N) is 3. The van der Waals surface area contributed by atoms with Crippen LogP contribution in [0.25, 0.3) is 22.2 Å². The van der Waals surface area contributed by atoms with Crippen LogP contribution in [0.4, 0.5) is 24.5 Å². The van der Waals surface area contributed by atoms with Crippen LogP contribution in [0.2, 0.25) is 0 Å². The molecule has 0 spiro atoms. The van der Waals surface area contributed by atoms with Gasteiger partial charge in [0, 0.05) is 86.2 Å². The SMILES string of the molecule is N#Cc1cccc2[nH]c(-c3ccccc3OC3(C(F)(F)F)CCN(C(=O)[C@H]4CC(=O)Nc5ccc(OCCNCC6CCN(c7ccc(C8CCC(=O)NC8=O)cc7)CC6)cc54)CC3)cc12. The van der Waals surface area contributed by atoms with Crippen LogP contribution in [0, 0.1) is 17.2 Å². The maximum Gasteiger partial charge on any atom is 0.428 e. The van der Waals surface area contributed by atoms with Crippen molar-refractivity contribution in [2.45, 2.75) is 68.6 Å². The summed E-state index contributed by atoms with van der Waals surface area (Å²) in [4.78, 5) is 57.7. The van der Waals surface area contributed by atoms with Crippen molar-refractivity contribution in [1.29, 1.82) is 5.26 Å². The number of hydrogen-bond donors (Lipinski definition) is 4. The molecule has 3 saturated heterocycles. The number of H-pyrrole nitrogens is 1. The molecule has 1 unspecified atom stereocenters. The summed E-state index contributed by atoms with van der Waals surface area (Å²) in [6, 6.07) is 28.8. The van der Waals surface area contributed by atoms with Gasteiger partial charge in [-0.05, 0) is 104 Å². The number of carbonyl (C=O) groups excluding carboxylic acids is 4. The summed E-state index contributed by atoms with van der Waals surface area (Å²) >= 11 is 0. The smallest absolute Gasteiger partial charge is 0.428 e. The van der Waals surface area contributed by atoms with Gasteiger partial charge in [-0.3, -0.25) is 24.5 Å². The molecular formula is C50H50F3N7O6. The third-order valence-electron chi connectivity index (χ3n) is 13.5. The molecule has 342 valence electrons. The molecular weight excluding hydrogens is 852 g/mol. The summed E-state index contributed by atoms with van der Waals surface area (Å²) in [5.74, 6) is -1.40. The van der Waals surface area contributed by atoms with E-state index in [2.05, 4.69) is 44.0 Å². The zero-order valence-corrected chi connectivity index (χ0v) is 36.2. The number of rotatable bonds is 12. The molecule has 1 aromatic heterocycles. The molecule has 4 aliphatic heterocycles. The minimum atomic E-state index is -4.77. The molecule has 0 radical (unpaired) electrons. The Hall–Kier alpha value is -6.86. The molecule has 4 aliphatic rings. The normalized spacial score (nSPS) is 20.0. The van der Waals surface area contributed by atoms with Crippen molar-refractivity contribution in [3.8, 4) is 28.8 Å². The Balaban J connectivity index is 0.773. The van der Waals surface area contributed by atoms with Crippen LogP contribution < -0.4 is 30.3 Å². The monoisotopic (exact) mass is 901 g/mol. The van der Waals surface area contributed by atoms with E-state index < -0.39 is 36.4 Å². The fourth-order valence-electron chi connectivity index (χ4n) is 9.76. The van der Waals surface area contributed by atoms with Crippen molar-refractivity contribution in [1.82, 2.24) is 20.5 Å². The lowest BCUT2D eigenvalue weighted by molar-refractivity contribution is -0.260. The van der Waals surface area contributed by atoms with Crippen LogP contribution >= 0.6 is 0 Å². The number of nitrogens with one attached hydrogen (secondary N) is 4. The Morgan fingerprint density at radius 1 is 0.879 bits per heavy atom. The van der Waals surface area contributed by atoms with Gasteiger partial charge < -0.3 is 34.9 Å². The number of ether oxygens (including phenoxy) is 2. The number of fused-ring (bicyclic) bond motifs is 2. The number of nitriles is 1. The summed E-state index contributed by atoms with van der Waals surface area (Å²) in [6.07, 6.45) is -3.02. The van der Waals surface area contributed by atoms with E-state index in [1.165, 1.54) is 11.0 Å². The molecule has 16 heteroatoms. The maximum absolute atomic E-state index is 15.1. The highest BCUT2D eigenvalue weighted by Gasteiger charge is 2.59. The second kappa shape index (κ2) is 18.6. The van der Waals surface area contributed by atoms with Crippen LogP contribution in [0.15, 0.2) is 91.0 Å². The Labute approximate surface area is 379 Å². The van der Waals surface area contributed by atoms with E-state index >= 15 is 13.2 Å². The molecule has 4 N–H and O–H groups in total. The van der Waals surface area contributed by atoms with Crippen molar-refractivity contribution < 1.29 is 41.8 Å². The number of imide groups is 1. The number of amides is 4. The average molecular weight is 902 g/mol. The van der Waals surface area contributed by atoms with Gasteiger partial charge in [-0.1, -0.05) is 30.3 Å². The van der Waals surface area contributed by atoms with Gasteiger partial charge in [0.05, 0.1) is 29.2 Å². The van der Waals surface area contributed by atoms with Gasteiger partial charge in [0.1, 0.15) is 18.1 Å². The van der Waals surface area contributed by atoms with Gasteiger partial charge in [-0.15, -0.1) is 0 Å². The summed E-state index contributed by atoms with van der Waals surface area (Å²) in [7, 11) is 0. The van der Waals surface area contributed by atoms with E-state index in [1.807, 2.05) is 12.1 Å². The quantitative estimate of drug-likeness (QED) is 0.0731. The van der Waals surface area contributed by atoms with Crippen LogP contribution in [-0.2, 0) is 19.2 Å². The number of para-hydroxylation sites is 1. The first-order valence-electron chi connectivity index (χ1n) is 22.5. The predicted molar refractivity (Wildman–Crippen MR) is 241 cm³/mol. The van der Waals surface area contributed by atoms with E-state index in [-0.39, 0.29) is 48.9 Å². The van der Waals surface area contributed by atoms with E-state index in [0.29, 0.717) is 76.6 Å². The van der Waals surface area contributed by atoms with Gasteiger partial charge >= 0.3 is 6.18 Å². The fourth-order valence-corrected chi connectivity index (χ4v) is 9.76. The number of halogens is 3. The molecule has 0 bridgehead atoms. The van der Waals surface area contributed by atoms with Crippen molar-refractivity contribution in [3.05, 3.63) is 108 Å². The molecule has 5 heterocycles. The lowest BCUT2D eigenvalue weighted by Crippen LogP contribution is -2.58. The highest BCUT2D eigenvalue weighted by atomic mass is 19.4. The van der Waals surface area contributed by atoms with Crippen molar-refractivity contribution >= 4 is 45.9 Å². The molecule has 2 atom stereocenters. The van der Waals surface area contributed by atoms with Gasteiger partial charge in [0.2, 0.25) is 29.2 Å². The number of hydrogen-bond acceptors (Lipinski definition) is 9. The Kier molecular flexibility index (Phi) is 12.5. The Morgan fingerprint density at radius 3 is 2.39 bits per heavy atom. The minimum absolute atomic E-state index is 0.0233. The zero-order valence-electron chi connectivity index (χ0n) is 36.2. The highest BCUT2D eigenvalue weighted by Crippen LogP contribution is 2.46. The maximum atomic E-state index is 15.1. The fraction of sp³-hybridized carbons (Fsp3) is 0.380. The van der Waals surface area contributed by atoms with E-state index in [1.54, 1.807) is 60.7 Å². The first-order chi connectivity index (χ1) is 31.9. The third-order valence-corrected chi connectivity index (χ3v) is 13.5. The lowest BCUT2D eigenvalue weighted by Gasteiger charge is -2.43. The molecule has 13 nitrogen and oxygen atoms in total. The second-order valence-corrected chi connectivity index (χ2v) is 17.6. The lowest BCUT2D eigenvalue weighted by atomic mass is 9.86. The van der Waals surface area contributed by atoms with E-state index in [9.17, 15) is 24.4 Å². The average Bonchev–Trinajstić information content (AvgIpc) is 3.76. The number of aromatic nitrogens is 1. The minimum Gasteiger partial charge on any atom is -0.492 e. The predicted octanol–water partition coefficient (Wildman–Crippen LogP) is 7.54. The van der Waals surface area contributed by atoms with Gasteiger partial charge in [0.25, 0.3) is 0 Å². The number of anilines is 2. The number of piperidine rings is 3. The van der Waals surface area contributed by atoms with Gasteiger partial charge in [-0.25, -0.2) is 0 Å². The topological polar surface area (TPSA) is 169 Å². The highest BCUT2D eigenvalue weighted by molar-refractivity contribution is 6.02. The van der Waals surface area contributed by atoms with Crippen molar-refractivity contribution in [2.24, 2.45) is 5.92 Å². The number of carbonyl (C=O) groups is 4. The molecule has 3 fully saturated rings. The zero-order chi connectivity index (χ0) is 46.0. The standard InChI is InChI=1S/C50H50F3N7O6/c51-50(52,53)49(66-44-7-2-1-5-37(44)43-27-38-33(29-54)4-3-6-41(38)56-43)18-23-60(24-19-49)48(64)40-28-46(62)57-42-14-12-35(26-39(40)42)65-25-20-55-30-31-16-21-59(22-17-31)34-10-8-32(9-11-34)36-13-15-45(61)58-47(36)63/h1-12,14,26-27,31,36,40,55-56H,13,15-25,28,30H2,(H,57,62)(H,58,61,63)/t36?,40-/m0/s1. The molecule has 9 rings (SSSR count). The summed E-state index contributed by atoms with van der Waals surface area (Å²) in [6.45, 7) is 3.14. The Morgan fingerprint density at radius 2 is 1.65 bits per heavy atom. The Bertz CT molecular complexity index is 2680. The molecule has 66 heavy (non-hydrogen) atoms. The largest absolute Gasteiger partial charge is 0.492 e. The van der Waals surface area contributed by atoms with Crippen molar-refractivity contribution in [3.63, 3.8) is 0 Å². The molecule has 0 aliphatic carbocycles. The van der Waals surface area contributed by atoms with Gasteiger partial charge in [0.15, 0.2) is 0 Å². The van der Waals surface area contributed by atoms with Crippen LogP contribution in [0.5, 0.6) is 11.5 Å². The first kappa shape index (κ1) is 44.3. The van der Waals surface area contributed by atoms with E-state index in [4.69, 9.17) is 9.47 Å². The van der Waals surface area contributed by atoms with Crippen LogP contribution in [0.3, 0.4) is 0 Å². The summed E-state index contributed by atoms with van der Waals surface area (Å²) < 4.78 is 57.3. The van der Waals surface area contributed by atoms with E-state index in [0.717, 1.165) is 43.7 Å². The third kappa shape index (κ3) is 9.17. The van der Waals surface area contributed by atoms with Crippen molar-refractivity contribution in [2.75, 3.05) is 56.1 Å². The molecule has 4 aromatic carbocycles. The van der Waals surface area contributed by atoms with Gasteiger partial charge in [-0.2, -0.15) is 18.4 Å². The molecule has 4 amide bonds. The molecule has 0 saturated carbocycles. The number of alkyl halides is 3. The molecule has 5 aromatic rings. The van der Waals surface area contributed by atoms with Crippen LogP contribution in [0.1, 0.15) is 73.5 Å². The number of aromatic amines is 1.